The number of carbonyl (C=O) groups excluding carboxylic acids is 2. The number of benzene rings is 3. The lowest BCUT2D eigenvalue weighted by Crippen LogP contribution is -2.33. The summed E-state index contributed by atoms with van der Waals surface area (Å²) < 4.78 is 97.1. The Hall–Kier alpha value is -5.27. The lowest BCUT2D eigenvalue weighted by atomic mass is 9.97. The lowest BCUT2D eigenvalue weighted by molar-refractivity contribution is -0.137. The third kappa shape index (κ3) is 9.30. The molecule has 270 valence electrons. The van der Waals surface area contributed by atoms with Crippen LogP contribution in [0.3, 0.4) is 0 Å². The van der Waals surface area contributed by atoms with E-state index >= 15 is 4.39 Å². The molecule has 0 fully saturated rings. The number of halogens is 4. The van der Waals surface area contributed by atoms with Gasteiger partial charge in [0.15, 0.2) is 0 Å². The minimum atomic E-state index is -4.86. The molecule has 0 atom stereocenters. The van der Waals surface area contributed by atoms with Crippen LogP contribution in [0.2, 0.25) is 0 Å². The van der Waals surface area contributed by atoms with Crippen LogP contribution in [0, 0.1) is 17.1 Å². The third-order valence-corrected chi connectivity index (χ3v) is 8.87. The first-order valence-corrected chi connectivity index (χ1v) is 17.2. The number of alkyl halides is 3. The van der Waals surface area contributed by atoms with E-state index in [1.54, 1.807) is 13.8 Å². The highest BCUT2D eigenvalue weighted by atomic mass is 32.2. The van der Waals surface area contributed by atoms with Gasteiger partial charge in [0.05, 0.1) is 27.9 Å². The second kappa shape index (κ2) is 16.2. The van der Waals surface area contributed by atoms with Crippen LogP contribution >= 0.6 is 0 Å². The van der Waals surface area contributed by atoms with Crippen LogP contribution in [-0.4, -0.2) is 50.0 Å². The topological polar surface area (TPSA) is 152 Å². The Kier molecular flexibility index (Phi) is 12.2. The minimum absolute atomic E-state index is 0.00652. The van der Waals surface area contributed by atoms with Crippen molar-refractivity contribution in [3.05, 3.63) is 94.6 Å². The van der Waals surface area contributed by atoms with Crippen molar-refractivity contribution in [1.82, 2.24) is 14.5 Å². The molecule has 1 heterocycles. The maximum absolute atomic E-state index is 15.9. The molecule has 0 saturated carbocycles. The van der Waals surface area contributed by atoms with Crippen LogP contribution in [-0.2, 0) is 43.3 Å². The smallest absolute Gasteiger partial charge is 0.421 e. The molecule has 0 bridgehead atoms. The van der Waals surface area contributed by atoms with Crippen LogP contribution in [0.5, 0.6) is 0 Å². The normalized spacial score (nSPS) is 11.7. The maximum atomic E-state index is 15.9. The van der Waals surface area contributed by atoms with Crippen molar-refractivity contribution >= 4 is 27.7 Å². The Morgan fingerprint density at radius 1 is 1.08 bits per heavy atom. The minimum Gasteiger partial charge on any atom is -0.446 e. The van der Waals surface area contributed by atoms with Gasteiger partial charge in [0.2, 0.25) is 5.91 Å². The zero-order valence-corrected chi connectivity index (χ0v) is 28.9. The van der Waals surface area contributed by atoms with E-state index in [9.17, 15) is 36.4 Å². The van der Waals surface area contributed by atoms with Crippen LogP contribution in [0.4, 0.5) is 28.0 Å². The van der Waals surface area contributed by atoms with Gasteiger partial charge in [-0.05, 0) is 68.1 Å². The molecule has 51 heavy (non-hydrogen) atoms. The fourth-order valence-corrected chi connectivity index (χ4v) is 6.37. The summed E-state index contributed by atoms with van der Waals surface area (Å²) in [7, 11) is -3.15. The largest absolute Gasteiger partial charge is 0.446 e. The van der Waals surface area contributed by atoms with E-state index in [1.165, 1.54) is 43.5 Å². The van der Waals surface area contributed by atoms with Crippen molar-refractivity contribution < 1.29 is 45.0 Å². The molecule has 0 aliphatic carbocycles. The SMILES string of the molecule is CCCCc1nn(-c2cc(NC(=O)COC)ccc2C(F)(F)F)c(C#N)c1Cc1ccc(-c2ccccc2S(=O)(=O)NC(=O)OC(C)C)cc1F. The van der Waals surface area contributed by atoms with Crippen molar-refractivity contribution in [1.29, 1.82) is 5.26 Å². The van der Waals surface area contributed by atoms with Gasteiger partial charge in [-0.1, -0.05) is 43.7 Å². The summed E-state index contributed by atoms with van der Waals surface area (Å²) in [5.41, 5.74) is -1.10. The van der Waals surface area contributed by atoms with Gasteiger partial charge >= 0.3 is 12.3 Å². The third-order valence-electron chi connectivity index (χ3n) is 7.50. The number of amides is 2. The predicted octanol–water partition coefficient (Wildman–Crippen LogP) is 6.91. The zero-order chi connectivity index (χ0) is 37.5. The molecule has 4 rings (SSSR count). The van der Waals surface area contributed by atoms with Crippen LogP contribution in [0.1, 0.15) is 61.7 Å². The summed E-state index contributed by atoms with van der Waals surface area (Å²) in [5.74, 6) is -1.40. The average molecular weight is 730 g/mol. The monoisotopic (exact) mass is 729 g/mol. The Morgan fingerprint density at radius 2 is 1.80 bits per heavy atom. The number of sulfonamides is 1. The van der Waals surface area contributed by atoms with Gasteiger partial charge in [0.1, 0.15) is 24.2 Å². The molecule has 16 heteroatoms. The molecule has 0 aliphatic heterocycles. The quantitative estimate of drug-likeness (QED) is 0.141. The van der Waals surface area contributed by atoms with Gasteiger partial charge < -0.3 is 14.8 Å². The molecule has 2 N–H and O–H groups in total. The standard InChI is InChI=1S/C35H35F4N5O6S/c1-5-6-10-29-26(31(19-40)44(42-29)30-18-24(41-33(45)20-49-4)14-15-27(30)35(37,38)39)16-23-13-12-22(17-28(23)36)25-9-7-8-11-32(25)51(47,48)43-34(46)50-21(2)3/h7-9,11-15,17-18,21H,5-6,10,16,20H2,1-4H3,(H,41,45)(H,43,46). The molecule has 4 aromatic rings. The fraction of sp³-hybridized carbons (Fsp3) is 0.314. The highest BCUT2D eigenvalue weighted by Crippen LogP contribution is 2.37. The Balaban J connectivity index is 1.79. The van der Waals surface area contributed by atoms with E-state index in [2.05, 4.69) is 10.4 Å². The average Bonchev–Trinajstić information content (AvgIpc) is 3.40. The van der Waals surface area contributed by atoms with E-state index in [-0.39, 0.29) is 63.7 Å². The highest BCUT2D eigenvalue weighted by Gasteiger charge is 2.36. The zero-order valence-electron chi connectivity index (χ0n) is 28.1. The number of aromatic nitrogens is 2. The first kappa shape index (κ1) is 38.5. The highest BCUT2D eigenvalue weighted by molar-refractivity contribution is 7.90. The van der Waals surface area contributed by atoms with Crippen LogP contribution in [0.25, 0.3) is 16.8 Å². The van der Waals surface area contributed by atoms with E-state index in [0.717, 1.165) is 28.9 Å². The number of nitrogens with zero attached hydrogens (tertiary/aromatic N) is 3. The van der Waals surface area contributed by atoms with Gasteiger partial charge in [-0.15, -0.1) is 0 Å². The van der Waals surface area contributed by atoms with Gasteiger partial charge in [-0.2, -0.15) is 23.5 Å². The molecule has 0 spiro atoms. The first-order chi connectivity index (χ1) is 24.1. The van der Waals surface area contributed by atoms with Crippen molar-refractivity contribution in [2.45, 2.75) is 63.6 Å². The van der Waals surface area contributed by atoms with E-state index in [0.29, 0.717) is 12.8 Å². The number of unbranched alkanes of at least 4 members (excludes halogenated alkanes) is 1. The molecule has 0 unspecified atom stereocenters. The van der Waals surface area contributed by atoms with Crippen molar-refractivity contribution in [3.8, 4) is 22.9 Å². The summed E-state index contributed by atoms with van der Waals surface area (Å²) in [4.78, 5) is 23.9. The molecule has 11 nitrogen and oxygen atoms in total. The Bertz CT molecular complexity index is 2070. The number of nitriles is 1. The number of nitrogens with one attached hydrogen (secondary N) is 2. The summed E-state index contributed by atoms with van der Waals surface area (Å²) in [6.07, 6.45) is -5.32. The van der Waals surface area contributed by atoms with Crippen LogP contribution < -0.4 is 10.0 Å². The molecule has 0 aliphatic rings. The number of anilines is 1. The Morgan fingerprint density at radius 3 is 2.43 bits per heavy atom. The molecular weight excluding hydrogens is 694 g/mol. The fourth-order valence-electron chi connectivity index (χ4n) is 5.26. The van der Waals surface area contributed by atoms with Crippen LogP contribution in [0.15, 0.2) is 65.6 Å². The lowest BCUT2D eigenvalue weighted by Gasteiger charge is -2.16. The number of carbonyl (C=O) groups is 2. The summed E-state index contributed by atoms with van der Waals surface area (Å²) in [6, 6.07) is 14.4. The second-order valence-corrected chi connectivity index (χ2v) is 13.3. The van der Waals surface area contributed by atoms with Crippen molar-refractivity contribution in [2.75, 3.05) is 19.0 Å². The number of hydrogen-bond acceptors (Lipinski definition) is 8. The van der Waals surface area contributed by atoms with E-state index < -0.39 is 51.4 Å². The maximum Gasteiger partial charge on any atom is 0.421 e. The predicted molar refractivity (Wildman–Crippen MR) is 179 cm³/mol. The summed E-state index contributed by atoms with van der Waals surface area (Å²) in [5, 5.41) is 17.1. The van der Waals surface area contributed by atoms with Crippen molar-refractivity contribution in [2.24, 2.45) is 0 Å². The molecule has 3 aromatic carbocycles. The van der Waals surface area contributed by atoms with E-state index in [4.69, 9.17) is 9.47 Å². The number of methoxy groups -OCH3 is 1. The first-order valence-electron chi connectivity index (χ1n) is 15.7. The summed E-state index contributed by atoms with van der Waals surface area (Å²) >= 11 is 0. The van der Waals surface area contributed by atoms with E-state index in [1.807, 2.05) is 17.7 Å². The molecule has 2 amide bonds. The van der Waals surface area contributed by atoms with Crippen molar-refractivity contribution in [3.63, 3.8) is 0 Å². The summed E-state index contributed by atoms with van der Waals surface area (Å²) in [6.45, 7) is 4.65. The number of aryl methyl sites for hydroxylation is 1. The second-order valence-electron chi connectivity index (χ2n) is 11.7. The molecular formula is C35H35F4N5O6S. The number of rotatable bonds is 13. The number of hydrogen-bond donors (Lipinski definition) is 2. The van der Waals surface area contributed by atoms with Gasteiger partial charge in [0, 0.05) is 30.3 Å². The Labute approximate surface area is 292 Å². The number of ether oxygens (including phenoxy) is 2. The van der Waals surface area contributed by atoms with Gasteiger partial charge in [-0.25, -0.2) is 27.0 Å². The van der Waals surface area contributed by atoms with Gasteiger partial charge in [0.25, 0.3) is 10.0 Å². The van der Waals surface area contributed by atoms with Gasteiger partial charge in [-0.3, -0.25) is 4.79 Å². The molecule has 0 saturated heterocycles. The molecule has 1 aromatic heterocycles. The molecule has 0 radical (unpaired) electrons.